The number of nitrogens with one attached hydrogen (secondary N) is 2. The van der Waals surface area contributed by atoms with Crippen LogP contribution in [-0.4, -0.2) is 63.3 Å². The molecule has 1 aliphatic carbocycles. The maximum Gasteiger partial charge on any atom is 0.191 e. The third kappa shape index (κ3) is 5.21. The molecule has 1 aromatic rings. The Morgan fingerprint density at radius 3 is 2.58 bits per heavy atom. The van der Waals surface area contributed by atoms with E-state index in [9.17, 15) is 0 Å². The van der Waals surface area contributed by atoms with E-state index < -0.39 is 0 Å². The van der Waals surface area contributed by atoms with Crippen LogP contribution in [0, 0.1) is 0 Å². The van der Waals surface area contributed by atoms with Crippen molar-refractivity contribution >= 4 is 5.96 Å². The predicted molar refractivity (Wildman–Crippen MR) is 108 cm³/mol. The number of rotatable bonds is 8. The second-order valence-corrected chi connectivity index (χ2v) is 7.43. The van der Waals surface area contributed by atoms with Crippen LogP contribution in [0.25, 0.3) is 0 Å². The van der Waals surface area contributed by atoms with Crippen LogP contribution in [0.1, 0.15) is 38.2 Å². The molecule has 0 spiro atoms. The SMILES string of the molecule is CCNC(=NCC1(c2ccccc2)CCC1)NCCCN1CCOCC1. The zero-order valence-corrected chi connectivity index (χ0v) is 16.2. The maximum atomic E-state index is 5.41. The molecule has 1 aliphatic heterocycles. The lowest BCUT2D eigenvalue weighted by Gasteiger charge is -2.41. The second-order valence-electron chi connectivity index (χ2n) is 7.43. The molecule has 2 fully saturated rings. The van der Waals surface area contributed by atoms with Crippen molar-refractivity contribution in [3.05, 3.63) is 35.9 Å². The van der Waals surface area contributed by atoms with Crippen LogP contribution >= 0.6 is 0 Å². The molecule has 2 N–H and O–H groups in total. The third-order valence-corrected chi connectivity index (χ3v) is 5.63. The van der Waals surface area contributed by atoms with Crippen LogP contribution in [0.3, 0.4) is 0 Å². The fourth-order valence-electron chi connectivity index (χ4n) is 3.84. The van der Waals surface area contributed by atoms with Crippen LogP contribution in [-0.2, 0) is 10.2 Å². The van der Waals surface area contributed by atoms with Gasteiger partial charge in [0, 0.05) is 31.6 Å². The number of ether oxygens (including phenoxy) is 1. The fraction of sp³-hybridized carbons (Fsp3) is 0.667. The molecule has 0 unspecified atom stereocenters. The highest BCUT2D eigenvalue weighted by molar-refractivity contribution is 5.79. The summed E-state index contributed by atoms with van der Waals surface area (Å²) in [5.41, 5.74) is 1.69. The third-order valence-electron chi connectivity index (χ3n) is 5.63. The highest BCUT2D eigenvalue weighted by Crippen LogP contribution is 2.43. The average Bonchev–Trinajstić information content (AvgIpc) is 2.66. The summed E-state index contributed by atoms with van der Waals surface area (Å²) >= 11 is 0. The van der Waals surface area contributed by atoms with Gasteiger partial charge in [0.15, 0.2) is 5.96 Å². The van der Waals surface area contributed by atoms with Crippen molar-refractivity contribution in [2.45, 2.75) is 38.0 Å². The molecule has 1 saturated heterocycles. The van der Waals surface area contributed by atoms with Gasteiger partial charge >= 0.3 is 0 Å². The van der Waals surface area contributed by atoms with Gasteiger partial charge in [0.25, 0.3) is 0 Å². The number of hydrogen-bond donors (Lipinski definition) is 2. The molecule has 26 heavy (non-hydrogen) atoms. The average molecular weight is 359 g/mol. The van der Waals surface area contributed by atoms with Gasteiger partial charge in [-0.3, -0.25) is 9.89 Å². The molecule has 0 bridgehead atoms. The van der Waals surface area contributed by atoms with Crippen molar-refractivity contribution in [1.82, 2.24) is 15.5 Å². The minimum atomic E-state index is 0.247. The molecule has 1 saturated carbocycles. The van der Waals surface area contributed by atoms with Gasteiger partial charge < -0.3 is 15.4 Å². The largest absolute Gasteiger partial charge is 0.379 e. The van der Waals surface area contributed by atoms with Gasteiger partial charge in [-0.05, 0) is 38.3 Å². The van der Waals surface area contributed by atoms with Gasteiger partial charge in [-0.15, -0.1) is 0 Å². The van der Waals surface area contributed by atoms with E-state index in [2.05, 4.69) is 52.8 Å². The Hall–Kier alpha value is -1.59. The van der Waals surface area contributed by atoms with Gasteiger partial charge in [-0.2, -0.15) is 0 Å². The van der Waals surface area contributed by atoms with E-state index in [1.807, 2.05) is 0 Å². The quantitative estimate of drug-likeness (QED) is 0.426. The lowest BCUT2D eigenvalue weighted by atomic mass is 9.64. The molecular formula is C21H34N4O. The van der Waals surface area contributed by atoms with Crippen LogP contribution < -0.4 is 10.6 Å². The fourth-order valence-corrected chi connectivity index (χ4v) is 3.84. The molecule has 0 aromatic heterocycles. The van der Waals surface area contributed by atoms with Crippen molar-refractivity contribution in [3.63, 3.8) is 0 Å². The highest BCUT2D eigenvalue weighted by atomic mass is 16.5. The Balaban J connectivity index is 1.48. The Kier molecular flexibility index (Phi) is 7.32. The van der Waals surface area contributed by atoms with Crippen LogP contribution in [0.2, 0.25) is 0 Å². The first-order valence-electron chi connectivity index (χ1n) is 10.2. The Bertz CT molecular complexity index is 550. The summed E-state index contributed by atoms with van der Waals surface area (Å²) in [4.78, 5) is 7.41. The molecule has 1 heterocycles. The highest BCUT2D eigenvalue weighted by Gasteiger charge is 2.38. The van der Waals surface area contributed by atoms with Crippen LogP contribution in [0.15, 0.2) is 35.3 Å². The van der Waals surface area contributed by atoms with Crippen molar-refractivity contribution in [3.8, 4) is 0 Å². The zero-order chi connectivity index (χ0) is 18.1. The monoisotopic (exact) mass is 358 g/mol. The first kappa shape index (κ1) is 19.2. The van der Waals surface area contributed by atoms with Gasteiger partial charge in [0.1, 0.15) is 0 Å². The van der Waals surface area contributed by atoms with E-state index in [1.165, 1.54) is 24.8 Å². The number of hydrogen-bond acceptors (Lipinski definition) is 3. The first-order chi connectivity index (χ1) is 12.8. The van der Waals surface area contributed by atoms with Crippen LogP contribution in [0.4, 0.5) is 0 Å². The molecular weight excluding hydrogens is 324 g/mol. The second kappa shape index (κ2) is 9.93. The number of morpholine rings is 1. The summed E-state index contributed by atoms with van der Waals surface area (Å²) < 4.78 is 5.41. The number of aliphatic imine (C=N–C) groups is 1. The standard InChI is InChI=1S/C21H34N4O/c1-2-22-20(23-12-7-13-25-14-16-26-17-15-25)24-18-21(10-6-11-21)19-8-4-3-5-9-19/h3-5,8-9H,2,6-7,10-18H2,1H3,(H2,22,23,24). The summed E-state index contributed by atoms with van der Waals surface area (Å²) in [5, 5.41) is 6.91. The Labute approximate surface area is 158 Å². The zero-order valence-electron chi connectivity index (χ0n) is 16.2. The first-order valence-corrected chi connectivity index (χ1v) is 10.2. The summed E-state index contributed by atoms with van der Waals surface area (Å²) in [7, 11) is 0. The summed E-state index contributed by atoms with van der Waals surface area (Å²) in [6, 6.07) is 10.9. The Morgan fingerprint density at radius 2 is 1.92 bits per heavy atom. The maximum absolute atomic E-state index is 5.41. The summed E-state index contributed by atoms with van der Waals surface area (Å²) in [5.74, 6) is 0.955. The minimum Gasteiger partial charge on any atom is -0.379 e. The molecule has 144 valence electrons. The van der Waals surface area contributed by atoms with E-state index in [1.54, 1.807) is 0 Å². The smallest absolute Gasteiger partial charge is 0.191 e. The lowest BCUT2D eigenvalue weighted by Crippen LogP contribution is -2.43. The van der Waals surface area contributed by atoms with E-state index in [0.29, 0.717) is 0 Å². The molecule has 2 aliphatic rings. The van der Waals surface area contributed by atoms with Gasteiger partial charge in [-0.1, -0.05) is 36.8 Å². The van der Waals surface area contributed by atoms with Gasteiger partial charge in [0.05, 0.1) is 19.8 Å². The molecule has 5 heteroatoms. The summed E-state index contributed by atoms with van der Waals surface area (Å²) in [6.07, 6.45) is 4.94. The lowest BCUT2D eigenvalue weighted by molar-refractivity contribution is 0.0376. The normalized spacial score (nSPS) is 20.4. The molecule has 1 aromatic carbocycles. The Morgan fingerprint density at radius 1 is 1.15 bits per heavy atom. The number of benzene rings is 1. The van der Waals surface area contributed by atoms with E-state index in [0.717, 1.165) is 64.9 Å². The van der Waals surface area contributed by atoms with Crippen LogP contribution in [0.5, 0.6) is 0 Å². The summed E-state index contributed by atoms with van der Waals surface area (Å²) in [6.45, 7) is 9.86. The van der Waals surface area contributed by atoms with E-state index in [4.69, 9.17) is 9.73 Å². The van der Waals surface area contributed by atoms with Crippen molar-refractivity contribution in [2.75, 3.05) is 52.5 Å². The van der Waals surface area contributed by atoms with Crippen molar-refractivity contribution < 1.29 is 4.74 Å². The van der Waals surface area contributed by atoms with E-state index in [-0.39, 0.29) is 5.41 Å². The topological polar surface area (TPSA) is 48.9 Å². The van der Waals surface area contributed by atoms with Crippen molar-refractivity contribution in [2.24, 2.45) is 4.99 Å². The molecule has 0 amide bonds. The predicted octanol–water partition coefficient (Wildman–Crippen LogP) is 2.39. The van der Waals surface area contributed by atoms with Gasteiger partial charge in [-0.25, -0.2) is 0 Å². The van der Waals surface area contributed by atoms with E-state index >= 15 is 0 Å². The number of nitrogens with zero attached hydrogens (tertiary/aromatic N) is 2. The van der Waals surface area contributed by atoms with Crippen molar-refractivity contribution in [1.29, 1.82) is 0 Å². The number of guanidine groups is 1. The van der Waals surface area contributed by atoms with Gasteiger partial charge in [0.2, 0.25) is 0 Å². The molecule has 3 rings (SSSR count). The molecule has 0 radical (unpaired) electrons. The molecule has 0 atom stereocenters. The molecule has 5 nitrogen and oxygen atoms in total. The minimum absolute atomic E-state index is 0.247.